The van der Waals surface area contributed by atoms with Gasteiger partial charge < -0.3 is 9.88 Å². The van der Waals surface area contributed by atoms with Gasteiger partial charge in [-0.25, -0.2) is 0 Å². The standard InChI is InChI=1S/C25H20N2O2/c1-14(2)15-7-8-20-16(9-15)10-21(26-20)24(29)27-13-17-12-25(17)19-6-4-3-5-18(19)22(28)11-23(25)27/h3-11,17,26H,1,12-13H2,2H3/t17-,25?/m1/s1. The van der Waals surface area contributed by atoms with Crippen molar-refractivity contribution in [2.75, 3.05) is 6.54 Å². The quantitative estimate of drug-likeness (QED) is 0.701. The van der Waals surface area contributed by atoms with Crippen LogP contribution in [0.15, 0.2) is 66.9 Å². The Balaban J connectivity index is 1.40. The lowest BCUT2D eigenvalue weighted by Crippen LogP contribution is -2.33. The van der Waals surface area contributed by atoms with E-state index in [1.807, 2.05) is 54.3 Å². The third kappa shape index (κ3) is 2.09. The van der Waals surface area contributed by atoms with Gasteiger partial charge in [0, 0.05) is 40.2 Å². The number of allylic oxidation sites excluding steroid dienone is 3. The van der Waals surface area contributed by atoms with Gasteiger partial charge >= 0.3 is 0 Å². The second kappa shape index (κ2) is 5.35. The first-order valence-electron chi connectivity index (χ1n) is 9.95. The summed E-state index contributed by atoms with van der Waals surface area (Å²) >= 11 is 0. The lowest BCUT2D eigenvalue weighted by Gasteiger charge is -2.29. The van der Waals surface area contributed by atoms with Crippen molar-refractivity contribution in [2.45, 2.75) is 18.8 Å². The first-order valence-corrected chi connectivity index (χ1v) is 9.95. The summed E-state index contributed by atoms with van der Waals surface area (Å²) in [5.74, 6) is 0.323. The number of amides is 1. The number of ketones is 1. The number of piperidine rings is 1. The van der Waals surface area contributed by atoms with Crippen molar-refractivity contribution in [3.63, 3.8) is 0 Å². The molecule has 1 spiro atoms. The van der Waals surface area contributed by atoms with Gasteiger partial charge in [0.2, 0.25) is 0 Å². The third-order valence-corrected chi connectivity index (χ3v) is 6.79. The zero-order chi connectivity index (χ0) is 19.9. The highest BCUT2D eigenvalue weighted by molar-refractivity contribution is 6.10. The van der Waals surface area contributed by atoms with Crippen LogP contribution in [0.1, 0.15) is 45.3 Å². The number of H-pyrrole nitrogens is 1. The summed E-state index contributed by atoms with van der Waals surface area (Å²) in [6.07, 6.45) is 2.71. The van der Waals surface area contributed by atoms with Crippen LogP contribution in [0, 0.1) is 5.92 Å². The normalized spacial score (nSPS) is 24.0. The largest absolute Gasteiger partial charge is 0.351 e. The Hall–Kier alpha value is -3.40. The van der Waals surface area contributed by atoms with Crippen molar-refractivity contribution in [1.29, 1.82) is 0 Å². The summed E-state index contributed by atoms with van der Waals surface area (Å²) in [5.41, 5.74) is 6.13. The monoisotopic (exact) mass is 380 g/mol. The maximum Gasteiger partial charge on any atom is 0.274 e. The van der Waals surface area contributed by atoms with Crippen molar-refractivity contribution < 1.29 is 9.59 Å². The van der Waals surface area contributed by atoms with E-state index in [1.165, 1.54) is 0 Å². The summed E-state index contributed by atoms with van der Waals surface area (Å²) in [4.78, 5) is 31.2. The molecule has 29 heavy (non-hydrogen) atoms. The second-order valence-electron chi connectivity index (χ2n) is 8.49. The van der Waals surface area contributed by atoms with Crippen molar-refractivity contribution >= 4 is 28.2 Å². The molecule has 6 rings (SSSR count). The molecule has 2 fully saturated rings. The fraction of sp³-hybridized carbons (Fsp3) is 0.200. The highest BCUT2D eigenvalue weighted by Gasteiger charge is 2.67. The van der Waals surface area contributed by atoms with Gasteiger partial charge in [0.1, 0.15) is 5.69 Å². The van der Waals surface area contributed by atoms with Gasteiger partial charge in [-0.2, -0.15) is 0 Å². The Morgan fingerprint density at radius 1 is 1.21 bits per heavy atom. The Kier molecular flexibility index (Phi) is 3.05. The molecule has 2 atom stereocenters. The first-order chi connectivity index (χ1) is 14.0. The van der Waals surface area contributed by atoms with Crippen LogP contribution in [-0.4, -0.2) is 28.1 Å². The minimum atomic E-state index is -0.153. The number of benzene rings is 2. The highest BCUT2D eigenvalue weighted by Crippen LogP contribution is 2.66. The number of aromatic nitrogens is 1. The molecule has 3 aromatic rings. The SMILES string of the molecule is C=C(C)c1ccc2[nH]c(C(=O)N3C[C@H]4CC45C3=CC(=O)c3ccccc35)cc2c1. The Morgan fingerprint density at radius 3 is 2.86 bits per heavy atom. The molecular formula is C25H20N2O2. The molecule has 2 aliphatic carbocycles. The van der Waals surface area contributed by atoms with E-state index in [0.717, 1.165) is 45.3 Å². The minimum Gasteiger partial charge on any atom is -0.351 e. The van der Waals surface area contributed by atoms with E-state index in [0.29, 0.717) is 18.2 Å². The number of nitrogens with one attached hydrogen (secondary N) is 1. The van der Waals surface area contributed by atoms with Crippen LogP contribution in [0.3, 0.4) is 0 Å². The number of likely N-dealkylation sites (tertiary alicyclic amines) is 1. The molecule has 1 aromatic heterocycles. The van der Waals surface area contributed by atoms with Gasteiger partial charge in [-0.15, -0.1) is 0 Å². The van der Waals surface area contributed by atoms with Crippen LogP contribution in [0.5, 0.6) is 0 Å². The zero-order valence-electron chi connectivity index (χ0n) is 16.2. The number of fused-ring (bicyclic) bond motifs is 2. The number of hydrogen-bond donors (Lipinski definition) is 1. The number of carbonyl (C=O) groups excluding carboxylic acids is 2. The van der Waals surface area contributed by atoms with Gasteiger partial charge in [0.05, 0.1) is 0 Å². The molecule has 0 bridgehead atoms. The molecule has 1 saturated heterocycles. The summed E-state index contributed by atoms with van der Waals surface area (Å²) in [5, 5.41) is 0.993. The number of rotatable bonds is 2. The predicted molar refractivity (Wildman–Crippen MR) is 113 cm³/mol. The molecule has 1 N–H and O–H groups in total. The molecule has 4 nitrogen and oxygen atoms in total. The van der Waals surface area contributed by atoms with Crippen molar-refractivity contribution in [2.24, 2.45) is 5.92 Å². The molecular weight excluding hydrogens is 360 g/mol. The second-order valence-corrected chi connectivity index (χ2v) is 8.49. The fourth-order valence-corrected chi connectivity index (χ4v) is 5.24. The minimum absolute atomic E-state index is 0.00526. The summed E-state index contributed by atoms with van der Waals surface area (Å²) in [6, 6.07) is 15.8. The number of hydrogen-bond acceptors (Lipinski definition) is 2. The number of aromatic amines is 1. The van der Waals surface area contributed by atoms with Crippen molar-refractivity contribution in [3.05, 3.63) is 89.3 Å². The number of nitrogens with zero attached hydrogens (tertiary/aromatic N) is 1. The van der Waals surface area contributed by atoms with Crippen LogP contribution in [-0.2, 0) is 5.41 Å². The molecule has 1 unspecified atom stereocenters. The molecule has 2 heterocycles. The van der Waals surface area contributed by atoms with Crippen LogP contribution in [0.2, 0.25) is 0 Å². The van der Waals surface area contributed by atoms with Crippen LogP contribution >= 0.6 is 0 Å². The van der Waals surface area contributed by atoms with E-state index < -0.39 is 0 Å². The van der Waals surface area contributed by atoms with E-state index in [9.17, 15) is 9.59 Å². The van der Waals surface area contributed by atoms with E-state index >= 15 is 0 Å². The Morgan fingerprint density at radius 2 is 2.03 bits per heavy atom. The molecule has 2 aromatic carbocycles. The Labute approximate surface area is 168 Å². The third-order valence-electron chi connectivity index (χ3n) is 6.79. The van der Waals surface area contributed by atoms with E-state index in [2.05, 4.69) is 17.6 Å². The molecule has 142 valence electrons. The van der Waals surface area contributed by atoms with Gasteiger partial charge in [0.25, 0.3) is 5.91 Å². The smallest absolute Gasteiger partial charge is 0.274 e. The topological polar surface area (TPSA) is 53.2 Å². The molecule has 0 radical (unpaired) electrons. The summed E-state index contributed by atoms with van der Waals surface area (Å²) < 4.78 is 0. The van der Waals surface area contributed by atoms with Crippen LogP contribution < -0.4 is 0 Å². The highest BCUT2D eigenvalue weighted by atomic mass is 16.2. The number of carbonyl (C=O) groups is 2. The molecule has 1 aliphatic heterocycles. The van der Waals surface area contributed by atoms with Gasteiger partial charge in [0.15, 0.2) is 5.78 Å². The fourth-order valence-electron chi connectivity index (χ4n) is 5.24. The summed E-state index contributed by atoms with van der Waals surface area (Å²) in [7, 11) is 0. The summed E-state index contributed by atoms with van der Waals surface area (Å²) in [6.45, 7) is 6.63. The molecule has 1 saturated carbocycles. The molecule has 1 amide bonds. The lowest BCUT2D eigenvalue weighted by molar-refractivity contribution is 0.0806. The maximum atomic E-state index is 13.4. The van der Waals surface area contributed by atoms with Gasteiger partial charge in [-0.1, -0.05) is 42.5 Å². The van der Waals surface area contributed by atoms with Gasteiger partial charge in [-0.3, -0.25) is 9.59 Å². The van der Waals surface area contributed by atoms with Crippen molar-refractivity contribution in [3.8, 4) is 0 Å². The van der Waals surface area contributed by atoms with Crippen LogP contribution in [0.25, 0.3) is 16.5 Å². The van der Waals surface area contributed by atoms with Crippen molar-refractivity contribution in [1.82, 2.24) is 9.88 Å². The Bertz CT molecular complexity index is 1300. The zero-order valence-corrected chi connectivity index (χ0v) is 16.2. The van der Waals surface area contributed by atoms with E-state index in [1.54, 1.807) is 6.08 Å². The molecule has 3 aliphatic rings. The first kappa shape index (κ1) is 16.5. The van der Waals surface area contributed by atoms with E-state index in [-0.39, 0.29) is 17.1 Å². The predicted octanol–water partition coefficient (Wildman–Crippen LogP) is 4.69. The van der Waals surface area contributed by atoms with E-state index in [4.69, 9.17) is 0 Å². The van der Waals surface area contributed by atoms with Crippen LogP contribution in [0.4, 0.5) is 0 Å². The lowest BCUT2D eigenvalue weighted by atomic mass is 9.81. The molecule has 4 heteroatoms. The average molecular weight is 380 g/mol. The maximum absolute atomic E-state index is 13.4. The average Bonchev–Trinajstić information content (AvgIpc) is 3.12. The van der Waals surface area contributed by atoms with Gasteiger partial charge in [-0.05, 0) is 48.6 Å².